The molecule has 4 N–H and O–H groups in total. The van der Waals surface area contributed by atoms with E-state index in [0.717, 1.165) is 83.7 Å². The van der Waals surface area contributed by atoms with E-state index in [1.54, 1.807) is 17.7 Å². The van der Waals surface area contributed by atoms with Gasteiger partial charge >= 0.3 is 5.91 Å². The lowest BCUT2D eigenvalue weighted by molar-refractivity contribution is -0.414. The van der Waals surface area contributed by atoms with Gasteiger partial charge in [-0.1, -0.05) is 24.3 Å². The summed E-state index contributed by atoms with van der Waals surface area (Å²) in [5.41, 5.74) is 20.1. The van der Waals surface area contributed by atoms with Crippen molar-refractivity contribution in [2.75, 3.05) is 30.8 Å². The van der Waals surface area contributed by atoms with E-state index in [4.69, 9.17) is 21.4 Å². The number of imidazole rings is 1. The molecule has 222 valence electrons. The molecule has 1 saturated heterocycles. The maximum Gasteiger partial charge on any atom is 0.383 e. The normalized spacial score (nSPS) is 18.0. The number of amides is 1. The predicted molar refractivity (Wildman–Crippen MR) is 175 cm³/mol. The molecule has 2 aliphatic rings. The number of carbonyl (C=O) groups excluding carboxylic acids is 1. The van der Waals surface area contributed by atoms with E-state index < -0.39 is 0 Å². The monoisotopic (exact) mass is 585 g/mol. The van der Waals surface area contributed by atoms with Crippen molar-refractivity contribution in [2.24, 2.45) is 11.7 Å². The molecule has 9 nitrogen and oxygen atoms in total. The predicted octanol–water partition coefficient (Wildman–Crippen LogP) is 5.16. The number of fused-ring (bicyclic) bond motifs is 1. The van der Waals surface area contributed by atoms with Crippen LogP contribution in [0, 0.1) is 5.92 Å². The molecule has 0 bridgehead atoms. The topological polar surface area (TPSA) is 119 Å². The van der Waals surface area contributed by atoms with Crippen LogP contribution in [0.25, 0.3) is 39.5 Å². The van der Waals surface area contributed by atoms with Gasteiger partial charge in [0, 0.05) is 41.8 Å². The van der Waals surface area contributed by atoms with Gasteiger partial charge in [0.1, 0.15) is 18.4 Å². The molecule has 3 aromatic heterocycles. The molecule has 1 atom stereocenters. The highest BCUT2D eigenvalue weighted by atomic mass is 16.1. The summed E-state index contributed by atoms with van der Waals surface area (Å²) in [4.78, 5) is 28.6. The van der Waals surface area contributed by atoms with Crippen molar-refractivity contribution in [2.45, 2.75) is 38.1 Å². The number of aromatic nitrogens is 4. The summed E-state index contributed by atoms with van der Waals surface area (Å²) in [6.45, 7) is 3.40. The lowest BCUT2D eigenvalue weighted by Gasteiger charge is -2.38. The molecule has 4 heterocycles. The largest absolute Gasteiger partial charge is 0.383 e. The molecule has 1 saturated carbocycles. The number of hydrogen-bond donors (Lipinski definition) is 2. The first-order valence-electron chi connectivity index (χ1n) is 15.2. The molecule has 2 fully saturated rings. The van der Waals surface area contributed by atoms with Gasteiger partial charge in [0.25, 0.3) is 0 Å². The van der Waals surface area contributed by atoms with Crippen LogP contribution >= 0.6 is 0 Å². The third-order valence-corrected chi connectivity index (χ3v) is 9.19. The Kier molecular flexibility index (Phi) is 6.97. The smallest absolute Gasteiger partial charge is 0.383 e. The highest BCUT2D eigenvalue weighted by molar-refractivity contribution is 5.85. The van der Waals surface area contributed by atoms with Gasteiger partial charge in [-0.2, -0.15) is 4.58 Å². The fourth-order valence-electron chi connectivity index (χ4n) is 6.37. The van der Waals surface area contributed by atoms with E-state index in [1.807, 2.05) is 37.5 Å². The number of benzene rings is 2. The van der Waals surface area contributed by atoms with Gasteiger partial charge in [-0.05, 0) is 79.8 Å². The molecule has 1 unspecified atom stereocenters. The zero-order valence-electron chi connectivity index (χ0n) is 25.1. The van der Waals surface area contributed by atoms with E-state index in [-0.39, 0.29) is 11.4 Å². The van der Waals surface area contributed by atoms with Gasteiger partial charge in [-0.3, -0.25) is 4.57 Å². The van der Waals surface area contributed by atoms with Crippen molar-refractivity contribution in [3.8, 4) is 28.3 Å². The highest BCUT2D eigenvalue weighted by Crippen LogP contribution is 2.39. The van der Waals surface area contributed by atoms with Gasteiger partial charge in [-0.15, -0.1) is 0 Å². The average Bonchev–Trinajstić information content (AvgIpc) is 3.65. The second-order valence-corrected chi connectivity index (χ2v) is 12.1. The fourth-order valence-corrected chi connectivity index (χ4v) is 6.37. The number of nitrogen functional groups attached to an aromatic ring is 1. The lowest BCUT2D eigenvalue weighted by atomic mass is 9.73. The zero-order valence-corrected chi connectivity index (χ0v) is 25.1. The van der Waals surface area contributed by atoms with Crippen LogP contribution < -0.4 is 16.4 Å². The summed E-state index contributed by atoms with van der Waals surface area (Å²) in [7, 11) is 1.82. The fraction of sp³-hybridized carbons (Fsp3) is 0.286. The Morgan fingerprint density at radius 2 is 1.84 bits per heavy atom. The van der Waals surface area contributed by atoms with Gasteiger partial charge in [-0.25, -0.2) is 19.7 Å². The first-order valence-corrected chi connectivity index (χ1v) is 15.2. The Labute approximate surface area is 256 Å². The molecule has 1 aliphatic carbocycles. The Hall–Kier alpha value is -4.89. The van der Waals surface area contributed by atoms with Gasteiger partial charge in [0.2, 0.25) is 0 Å². The van der Waals surface area contributed by atoms with Crippen molar-refractivity contribution in [1.82, 2.24) is 19.5 Å². The summed E-state index contributed by atoms with van der Waals surface area (Å²) in [6, 6.07) is 24.8. The molecule has 2 aromatic carbocycles. The van der Waals surface area contributed by atoms with Crippen LogP contribution in [0.5, 0.6) is 0 Å². The standard InChI is InChI=1S/C35H37N8O/c1-23(44)41(2)21-24-15-19-42(22-24)28-7-3-6-25(20-28)30-13-14-31-34(39-30)43(33(40-31)29-8-4-18-38-32(29)36)27-11-9-26(10-12-27)35(37)16-5-17-35/h3-4,6-14,18,20-21,24H,5,15-17,19,22,37H2,1-2H3,(H2,36,38)/q+1/b41-21+. The van der Waals surface area contributed by atoms with Gasteiger partial charge < -0.3 is 16.4 Å². The van der Waals surface area contributed by atoms with Crippen molar-refractivity contribution < 1.29 is 9.37 Å². The lowest BCUT2D eigenvalue weighted by Crippen LogP contribution is -2.43. The molecular formula is C35H37N8O+. The summed E-state index contributed by atoms with van der Waals surface area (Å²) in [5, 5.41) is 0. The minimum Gasteiger partial charge on any atom is -0.383 e. The summed E-state index contributed by atoms with van der Waals surface area (Å²) < 4.78 is 3.76. The molecule has 5 aromatic rings. The minimum atomic E-state index is -0.237. The number of hydrogen-bond acceptors (Lipinski definition) is 7. The van der Waals surface area contributed by atoms with Crippen LogP contribution in [-0.4, -0.2) is 56.4 Å². The number of nitrogens with two attached hydrogens (primary N) is 2. The van der Waals surface area contributed by atoms with Crippen LogP contribution in [-0.2, 0) is 10.3 Å². The Morgan fingerprint density at radius 1 is 1.02 bits per heavy atom. The second-order valence-electron chi connectivity index (χ2n) is 12.1. The van der Waals surface area contributed by atoms with Crippen molar-refractivity contribution in [3.63, 3.8) is 0 Å². The summed E-state index contributed by atoms with van der Waals surface area (Å²) >= 11 is 0. The molecule has 7 rings (SSSR count). The maximum atomic E-state index is 11.7. The second kappa shape index (κ2) is 11.0. The highest BCUT2D eigenvalue weighted by Gasteiger charge is 2.34. The quantitative estimate of drug-likeness (QED) is 0.209. The molecule has 44 heavy (non-hydrogen) atoms. The van der Waals surface area contributed by atoms with Crippen LogP contribution in [0.3, 0.4) is 0 Å². The number of nitrogens with zero attached hydrogens (tertiary/aromatic N) is 6. The SMILES string of the molecule is CC(=O)/[N+](C)=C/C1CCN(c2cccc(-c3ccc4nc(-c5cccnc5N)n(-c5ccc(C6(N)CCC6)cc5)c4n3)c2)C1. The maximum absolute atomic E-state index is 11.7. The molecular weight excluding hydrogens is 548 g/mol. The number of rotatable bonds is 6. The van der Waals surface area contributed by atoms with Gasteiger partial charge in [0.15, 0.2) is 17.7 Å². The van der Waals surface area contributed by atoms with E-state index in [1.165, 1.54) is 0 Å². The van der Waals surface area contributed by atoms with E-state index in [2.05, 4.69) is 63.0 Å². The van der Waals surface area contributed by atoms with Gasteiger partial charge in [0.05, 0.1) is 24.1 Å². The molecule has 1 aliphatic heterocycles. The number of anilines is 2. The van der Waals surface area contributed by atoms with Crippen molar-refractivity contribution in [1.29, 1.82) is 0 Å². The van der Waals surface area contributed by atoms with Crippen LogP contribution in [0.1, 0.15) is 38.2 Å². The molecule has 9 heteroatoms. The van der Waals surface area contributed by atoms with Crippen molar-refractivity contribution in [3.05, 3.63) is 84.6 Å². The van der Waals surface area contributed by atoms with E-state index in [0.29, 0.717) is 17.6 Å². The van der Waals surface area contributed by atoms with Crippen molar-refractivity contribution >= 4 is 34.8 Å². The first kappa shape index (κ1) is 27.9. The third kappa shape index (κ3) is 5.03. The first-order chi connectivity index (χ1) is 21.3. The Morgan fingerprint density at radius 3 is 2.57 bits per heavy atom. The number of pyridine rings is 2. The molecule has 0 spiro atoms. The zero-order chi connectivity index (χ0) is 30.4. The minimum absolute atomic E-state index is 0.0538. The molecule has 0 radical (unpaired) electrons. The summed E-state index contributed by atoms with van der Waals surface area (Å²) in [6.07, 6.45) is 7.92. The van der Waals surface area contributed by atoms with Crippen LogP contribution in [0.15, 0.2) is 79.0 Å². The Bertz CT molecular complexity index is 1900. The number of carbonyl (C=O) groups is 1. The van der Waals surface area contributed by atoms with E-state index >= 15 is 0 Å². The Balaban J connectivity index is 1.28. The molecule has 1 amide bonds. The third-order valence-electron chi connectivity index (χ3n) is 9.19. The average molecular weight is 586 g/mol. The van der Waals surface area contributed by atoms with E-state index in [9.17, 15) is 4.79 Å². The van der Waals surface area contributed by atoms with Crippen LogP contribution in [0.2, 0.25) is 0 Å². The van der Waals surface area contributed by atoms with Crippen LogP contribution in [0.4, 0.5) is 11.5 Å². The summed E-state index contributed by atoms with van der Waals surface area (Å²) in [5.74, 6) is 1.50.